The second-order valence-corrected chi connectivity index (χ2v) is 5.32. The number of carbonyl (C=O) groups excluding carboxylic acids is 1. The molecule has 0 aliphatic rings. The van der Waals surface area contributed by atoms with Crippen LogP contribution in [-0.2, 0) is 0 Å². The molecule has 3 N–H and O–H groups in total. The zero-order valence-electron chi connectivity index (χ0n) is 10.3. The van der Waals surface area contributed by atoms with Gasteiger partial charge in [-0.15, -0.1) is 0 Å². The van der Waals surface area contributed by atoms with Crippen LogP contribution in [0.2, 0.25) is 10.0 Å². The number of aromatic amines is 1. The van der Waals surface area contributed by atoms with Gasteiger partial charge in [0.2, 0.25) is 5.78 Å². The van der Waals surface area contributed by atoms with Crippen LogP contribution in [0.4, 0.5) is 5.69 Å². The number of nitrogen functional groups attached to an aromatic ring is 1. The van der Waals surface area contributed by atoms with E-state index in [1.807, 2.05) is 0 Å². The van der Waals surface area contributed by atoms with Crippen LogP contribution in [0.3, 0.4) is 0 Å². The van der Waals surface area contributed by atoms with E-state index in [-0.39, 0.29) is 5.78 Å². The molecular weight excluding hydrogens is 295 g/mol. The molecule has 1 heterocycles. The summed E-state index contributed by atoms with van der Waals surface area (Å²) in [5, 5.41) is 1.87. The Morgan fingerprint density at radius 3 is 2.55 bits per heavy atom. The Labute approximate surface area is 125 Å². The van der Waals surface area contributed by atoms with E-state index in [2.05, 4.69) is 4.98 Å². The number of fused-ring (bicyclic) bond motifs is 1. The number of hydrogen-bond acceptors (Lipinski definition) is 2. The molecule has 0 spiro atoms. The molecule has 0 aliphatic heterocycles. The maximum absolute atomic E-state index is 12.5. The van der Waals surface area contributed by atoms with Crippen LogP contribution in [0.5, 0.6) is 0 Å². The van der Waals surface area contributed by atoms with Gasteiger partial charge in [0.05, 0.1) is 5.69 Å². The third-order valence-electron chi connectivity index (χ3n) is 3.11. The van der Waals surface area contributed by atoms with Crippen LogP contribution >= 0.6 is 23.2 Å². The Hall–Kier alpha value is -1.97. The summed E-state index contributed by atoms with van der Waals surface area (Å²) in [4.78, 5) is 15.5. The highest BCUT2D eigenvalue weighted by Crippen LogP contribution is 2.29. The third kappa shape index (κ3) is 2.15. The fourth-order valence-electron chi connectivity index (χ4n) is 2.14. The lowest BCUT2D eigenvalue weighted by Gasteiger charge is -2.00. The van der Waals surface area contributed by atoms with Crippen molar-refractivity contribution in [2.24, 2.45) is 0 Å². The summed E-state index contributed by atoms with van der Waals surface area (Å²) in [6, 6.07) is 12.0. The summed E-state index contributed by atoms with van der Waals surface area (Å²) in [5.74, 6) is -0.197. The number of anilines is 1. The van der Waals surface area contributed by atoms with E-state index < -0.39 is 0 Å². The standard InChI is InChI=1S/C15H10Cl2N2O/c16-9-3-1-2-8(6-9)15(20)14-13(18)11-5-4-10(17)7-12(11)19-14/h1-7,19H,18H2. The van der Waals surface area contributed by atoms with E-state index in [9.17, 15) is 4.79 Å². The average molecular weight is 305 g/mol. The zero-order valence-corrected chi connectivity index (χ0v) is 11.8. The van der Waals surface area contributed by atoms with Crippen molar-refractivity contribution in [1.82, 2.24) is 4.98 Å². The van der Waals surface area contributed by atoms with Crippen molar-refractivity contribution in [1.29, 1.82) is 0 Å². The van der Waals surface area contributed by atoms with Crippen molar-refractivity contribution < 1.29 is 4.79 Å². The van der Waals surface area contributed by atoms with Gasteiger partial charge in [-0.2, -0.15) is 0 Å². The summed E-state index contributed by atoms with van der Waals surface area (Å²) in [6.45, 7) is 0. The fourth-order valence-corrected chi connectivity index (χ4v) is 2.51. The number of H-pyrrole nitrogens is 1. The van der Waals surface area contributed by atoms with Crippen molar-refractivity contribution in [3.63, 3.8) is 0 Å². The van der Waals surface area contributed by atoms with E-state index in [0.29, 0.717) is 27.0 Å². The first-order chi connectivity index (χ1) is 9.56. The van der Waals surface area contributed by atoms with Crippen molar-refractivity contribution >= 4 is 45.6 Å². The molecule has 0 amide bonds. The first-order valence-electron chi connectivity index (χ1n) is 5.93. The largest absolute Gasteiger partial charge is 0.396 e. The predicted octanol–water partition coefficient (Wildman–Crippen LogP) is 4.29. The maximum atomic E-state index is 12.5. The van der Waals surface area contributed by atoms with E-state index >= 15 is 0 Å². The number of nitrogens with one attached hydrogen (secondary N) is 1. The molecule has 20 heavy (non-hydrogen) atoms. The lowest BCUT2D eigenvalue weighted by atomic mass is 10.1. The van der Waals surface area contributed by atoms with Gasteiger partial charge in [-0.1, -0.05) is 35.3 Å². The molecule has 2 aromatic carbocycles. The van der Waals surface area contributed by atoms with Crippen LogP contribution in [-0.4, -0.2) is 10.8 Å². The van der Waals surface area contributed by atoms with E-state index in [1.165, 1.54) is 0 Å². The van der Waals surface area contributed by atoms with Crippen molar-refractivity contribution in [2.75, 3.05) is 5.73 Å². The first kappa shape index (κ1) is 13.0. The molecule has 0 radical (unpaired) electrons. The van der Waals surface area contributed by atoms with Crippen molar-refractivity contribution in [3.05, 3.63) is 63.8 Å². The van der Waals surface area contributed by atoms with Crippen LogP contribution < -0.4 is 5.73 Å². The summed E-state index contributed by atoms with van der Waals surface area (Å²) in [6.07, 6.45) is 0. The molecule has 3 rings (SSSR count). The van der Waals surface area contributed by atoms with Crippen molar-refractivity contribution in [3.8, 4) is 0 Å². The van der Waals surface area contributed by atoms with Crippen LogP contribution in [0.1, 0.15) is 16.1 Å². The van der Waals surface area contributed by atoms with Crippen LogP contribution in [0.15, 0.2) is 42.5 Å². The van der Waals surface area contributed by atoms with Gasteiger partial charge in [0, 0.05) is 26.5 Å². The minimum atomic E-state index is -0.197. The number of carbonyl (C=O) groups is 1. The molecule has 0 fully saturated rings. The van der Waals surface area contributed by atoms with Crippen molar-refractivity contribution in [2.45, 2.75) is 0 Å². The number of hydrogen-bond donors (Lipinski definition) is 2. The second kappa shape index (κ2) is 4.85. The molecule has 0 unspecified atom stereocenters. The average Bonchev–Trinajstić information content (AvgIpc) is 2.74. The maximum Gasteiger partial charge on any atom is 0.211 e. The van der Waals surface area contributed by atoms with Gasteiger partial charge >= 0.3 is 0 Å². The van der Waals surface area contributed by atoms with Crippen LogP contribution in [0.25, 0.3) is 10.9 Å². The first-order valence-corrected chi connectivity index (χ1v) is 6.69. The summed E-state index contributed by atoms with van der Waals surface area (Å²) >= 11 is 11.8. The topological polar surface area (TPSA) is 58.9 Å². The molecule has 5 heteroatoms. The number of halogens is 2. The van der Waals surface area contributed by atoms with E-state index in [4.69, 9.17) is 28.9 Å². The lowest BCUT2D eigenvalue weighted by molar-refractivity contribution is 0.103. The SMILES string of the molecule is Nc1c(C(=O)c2cccc(Cl)c2)[nH]c2cc(Cl)ccc12. The minimum Gasteiger partial charge on any atom is -0.396 e. The second-order valence-electron chi connectivity index (χ2n) is 4.44. The third-order valence-corrected chi connectivity index (χ3v) is 3.58. The summed E-state index contributed by atoms with van der Waals surface area (Å²) in [5.41, 5.74) is 8.03. The minimum absolute atomic E-state index is 0.197. The molecular formula is C15H10Cl2N2O. The molecule has 0 atom stereocenters. The highest BCUT2D eigenvalue weighted by atomic mass is 35.5. The fraction of sp³-hybridized carbons (Fsp3) is 0. The quantitative estimate of drug-likeness (QED) is 0.694. The molecule has 0 bridgehead atoms. The lowest BCUT2D eigenvalue weighted by Crippen LogP contribution is -2.04. The van der Waals surface area contributed by atoms with E-state index in [1.54, 1.807) is 42.5 Å². The molecule has 3 nitrogen and oxygen atoms in total. The monoisotopic (exact) mass is 304 g/mol. The van der Waals surface area contributed by atoms with E-state index in [0.717, 1.165) is 10.9 Å². The summed E-state index contributed by atoms with van der Waals surface area (Å²) < 4.78 is 0. The van der Waals surface area contributed by atoms with Gasteiger partial charge in [0.1, 0.15) is 5.69 Å². The van der Waals surface area contributed by atoms with Gasteiger partial charge in [-0.05, 0) is 30.3 Å². The molecule has 0 saturated carbocycles. The Morgan fingerprint density at radius 1 is 1.05 bits per heavy atom. The highest BCUT2D eigenvalue weighted by molar-refractivity contribution is 6.32. The Balaban J connectivity index is 2.14. The van der Waals surface area contributed by atoms with Gasteiger partial charge in [-0.25, -0.2) is 0 Å². The normalized spacial score (nSPS) is 10.9. The van der Waals surface area contributed by atoms with Gasteiger partial charge in [-0.3, -0.25) is 4.79 Å². The number of ketones is 1. The predicted molar refractivity (Wildman–Crippen MR) is 82.6 cm³/mol. The Kier molecular flexibility index (Phi) is 3.16. The van der Waals surface area contributed by atoms with Crippen LogP contribution in [0, 0.1) is 0 Å². The smallest absolute Gasteiger partial charge is 0.211 e. The number of aromatic nitrogens is 1. The molecule has 0 saturated heterocycles. The number of benzene rings is 2. The number of rotatable bonds is 2. The Bertz CT molecular complexity index is 824. The Morgan fingerprint density at radius 2 is 1.80 bits per heavy atom. The molecule has 100 valence electrons. The molecule has 0 aliphatic carbocycles. The summed E-state index contributed by atoms with van der Waals surface area (Å²) in [7, 11) is 0. The highest BCUT2D eigenvalue weighted by Gasteiger charge is 2.17. The van der Waals surface area contributed by atoms with Gasteiger partial charge in [0.25, 0.3) is 0 Å². The molecule has 3 aromatic rings. The zero-order chi connectivity index (χ0) is 14.3. The van der Waals surface area contributed by atoms with Gasteiger partial charge in [0.15, 0.2) is 0 Å². The van der Waals surface area contributed by atoms with Gasteiger partial charge < -0.3 is 10.7 Å². The molecule has 1 aromatic heterocycles. The number of nitrogens with two attached hydrogens (primary N) is 1.